The van der Waals surface area contributed by atoms with Crippen molar-refractivity contribution < 1.29 is 9.90 Å². The van der Waals surface area contributed by atoms with E-state index in [4.69, 9.17) is 0 Å². The second kappa shape index (κ2) is 5.03. The van der Waals surface area contributed by atoms with Crippen LogP contribution in [0.15, 0.2) is 34.9 Å². The lowest BCUT2D eigenvalue weighted by molar-refractivity contribution is 0.00529. The van der Waals surface area contributed by atoms with E-state index in [9.17, 15) is 9.90 Å². The molecule has 0 aliphatic carbocycles. The van der Waals surface area contributed by atoms with Gasteiger partial charge >= 0.3 is 0 Å². The monoisotopic (exact) mass is 335 g/mol. The number of aromatic nitrogens is 2. The molecule has 0 saturated carbocycles. The predicted octanol–water partition coefficient (Wildman–Crippen LogP) is 1.76. The zero-order chi connectivity index (χ0) is 14.3. The fraction of sp³-hybridized carbons (Fsp3) is 0.286. The topological polar surface area (TPSA) is 58.4 Å². The molecule has 0 atom stereocenters. The van der Waals surface area contributed by atoms with Gasteiger partial charge in [0.25, 0.3) is 5.91 Å². The van der Waals surface area contributed by atoms with Crippen molar-refractivity contribution in [2.45, 2.75) is 13.0 Å². The summed E-state index contributed by atoms with van der Waals surface area (Å²) in [6.45, 7) is 2.78. The summed E-state index contributed by atoms with van der Waals surface area (Å²) in [5.41, 5.74) is 2.48. The summed E-state index contributed by atoms with van der Waals surface area (Å²) in [5, 5.41) is 13.6. The number of aliphatic hydroxyl groups is 1. The van der Waals surface area contributed by atoms with Crippen molar-refractivity contribution >= 4 is 21.8 Å². The number of hydrogen-bond acceptors (Lipinski definition) is 3. The molecular weight excluding hydrogens is 322 g/mol. The highest BCUT2D eigenvalue weighted by Gasteiger charge is 2.31. The van der Waals surface area contributed by atoms with Crippen molar-refractivity contribution in [3.05, 3.63) is 46.2 Å². The highest BCUT2D eigenvalue weighted by molar-refractivity contribution is 9.10. The molecule has 0 radical (unpaired) electrons. The quantitative estimate of drug-likeness (QED) is 0.909. The number of aryl methyl sites for hydroxylation is 1. The first-order valence-corrected chi connectivity index (χ1v) is 7.14. The highest BCUT2D eigenvalue weighted by Crippen LogP contribution is 2.20. The summed E-state index contributed by atoms with van der Waals surface area (Å²) in [6, 6.07) is 9.51. The summed E-state index contributed by atoms with van der Waals surface area (Å²) >= 11 is 3.31. The number of carbonyl (C=O) groups excluding carboxylic acids is 1. The van der Waals surface area contributed by atoms with E-state index in [0.29, 0.717) is 23.4 Å². The minimum atomic E-state index is -0.405. The average Bonchev–Trinajstić information content (AvgIpc) is 2.77. The Bertz CT molecular complexity index is 645. The van der Waals surface area contributed by atoms with E-state index >= 15 is 0 Å². The minimum absolute atomic E-state index is 0.117. The number of carbonyl (C=O) groups is 1. The maximum atomic E-state index is 12.4. The number of hydrogen-bond donors (Lipinski definition) is 1. The Kier molecular flexibility index (Phi) is 3.35. The molecule has 1 aliphatic heterocycles. The number of rotatable bonds is 2. The van der Waals surface area contributed by atoms with Gasteiger partial charge in [-0.3, -0.25) is 4.79 Å². The van der Waals surface area contributed by atoms with Crippen LogP contribution in [-0.4, -0.2) is 44.9 Å². The van der Waals surface area contributed by atoms with E-state index in [-0.39, 0.29) is 5.91 Å². The average molecular weight is 336 g/mol. The van der Waals surface area contributed by atoms with Gasteiger partial charge in [0.15, 0.2) is 0 Å². The van der Waals surface area contributed by atoms with Gasteiger partial charge in [0.2, 0.25) is 0 Å². The molecule has 5 nitrogen and oxygen atoms in total. The van der Waals surface area contributed by atoms with Crippen molar-refractivity contribution in [1.29, 1.82) is 0 Å². The molecule has 0 bridgehead atoms. The van der Waals surface area contributed by atoms with Crippen LogP contribution in [0, 0.1) is 6.92 Å². The van der Waals surface area contributed by atoms with Crippen LogP contribution in [0.5, 0.6) is 0 Å². The third-order valence-electron chi connectivity index (χ3n) is 3.33. The SMILES string of the molecule is Cc1ccc(-n2nc(Br)cc2C(=O)N2CC(O)C2)cc1. The summed E-state index contributed by atoms with van der Waals surface area (Å²) in [5.74, 6) is -0.117. The van der Waals surface area contributed by atoms with Crippen molar-refractivity contribution in [1.82, 2.24) is 14.7 Å². The van der Waals surface area contributed by atoms with Crippen molar-refractivity contribution in [3.63, 3.8) is 0 Å². The molecule has 1 amide bonds. The molecule has 2 heterocycles. The smallest absolute Gasteiger partial charge is 0.272 e. The molecule has 1 aliphatic rings. The predicted molar refractivity (Wildman–Crippen MR) is 77.9 cm³/mol. The zero-order valence-corrected chi connectivity index (χ0v) is 12.5. The maximum Gasteiger partial charge on any atom is 0.272 e. The molecule has 104 valence electrons. The first-order valence-electron chi connectivity index (χ1n) is 6.34. The number of nitrogens with zero attached hydrogens (tertiary/aromatic N) is 3. The minimum Gasteiger partial charge on any atom is -0.389 e. The van der Waals surface area contributed by atoms with Gasteiger partial charge in [0, 0.05) is 19.2 Å². The van der Waals surface area contributed by atoms with E-state index in [0.717, 1.165) is 11.3 Å². The Hall–Kier alpha value is -1.66. The van der Waals surface area contributed by atoms with Crippen molar-refractivity contribution in [2.24, 2.45) is 0 Å². The number of β-amino-alcohol motifs (C(OH)–C–C–N with tert-alkyl or cyclic N) is 1. The number of halogens is 1. The Morgan fingerprint density at radius 1 is 1.35 bits per heavy atom. The van der Waals surface area contributed by atoms with Crippen LogP contribution in [0.1, 0.15) is 16.1 Å². The lowest BCUT2D eigenvalue weighted by Crippen LogP contribution is -2.53. The molecule has 0 spiro atoms. The second-order valence-electron chi connectivity index (χ2n) is 4.96. The molecule has 3 rings (SSSR count). The van der Waals surface area contributed by atoms with E-state index in [2.05, 4.69) is 21.0 Å². The van der Waals surface area contributed by atoms with Crippen LogP contribution in [-0.2, 0) is 0 Å². The lowest BCUT2D eigenvalue weighted by atomic mass is 10.1. The summed E-state index contributed by atoms with van der Waals surface area (Å²) in [6.07, 6.45) is -0.405. The van der Waals surface area contributed by atoms with E-state index in [1.165, 1.54) is 0 Å². The lowest BCUT2D eigenvalue weighted by Gasteiger charge is -2.35. The Labute approximate surface area is 124 Å². The summed E-state index contributed by atoms with van der Waals surface area (Å²) in [4.78, 5) is 14.0. The molecule has 1 aromatic carbocycles. The highest BCUT2D eigenvalue weighted by atomic mass is 79.9. The zero-order valence-electron chi connectivity index (χ0n) is 11.0. The number of likely N-dealkylation sites (tertiary alicyclic amines) is 1. The molecule has 2 aromatic rings. The fourth-order valence-electron chi connectivity index (χ4n) is 2.17. The van der Waals surface area contributed by atoms with Gasteiger partial charge in [-0.25, -0.2) is 4.68 Å². The van der Waals surface area contributed by atoms with E-state index in [1.807, 2.05) is 31.2 Å². The number of benzene rings is 1. The first-order chi connectivity index (χ1) is 9.54. The Morgan fingerprint density at radius 3 is 2.60 bits per heavy atom. The normalized spacial score (nSPS) is 15.2. The van der Waals surface area contributed by atoms with E-state index in [1.54, 1.807) is 15.6 Å². The molecule has 1 fully saturated rings. The molecule has 20 heavy (non-hydrogen) atoms. The third kappa shape index (κ3) is 2.36. The third-order valence-corrected chi connectivity index (χ3v) is 3.71. The van der Waals surface area contributed by atoms with Crippen molar-refractivity contribution in [3.8, 4) is 5.69 Å². The molecule has 0 unspecified atom stereocenters. The summed E-state index contributed by atoms with van der Waals surface area (Å²) in [7, 11) is 0. The standard InChI is InChI=1S/C14H14BrN3O2/c1-9-2-4-10(5-3-9)18-12(6-13(15)16-18)14(20)17-7-11(19)8-17/h2-6,11,19H,7-8H2,1H3. The molecule has 1 aromatic heterocycles. The van der Waals surface area contributed by atoms with Crippen LogP contribution < -0.4 is 0 Å². The Balaban J connectivity index is 1.95. The van der Waals surface area contributed by atoms with Gasteiger partial charge in [-0.15, -0.1) is 0 Å². The first kappa shape index (κ1) is 13.3. The van der Waals surface area contributed by atoms with Gasteiger partial charge in [-0.1, -0.05) is 17.7 Å². The Morgan fingerprint density at radius 2 is 2.00 bits per heavy atom. The number of aliphatic hydroxyl groups excluding tert-OH is 1. The fourth-order valence-corrected chi connectivity index (χ4v) is 2.55. The van der Waals surface area contributed by atoms with Gasteiger partial charge in [-0.2, -0.15) is 5.10 Å². The van der Waals surface area contributed by atoms with Crippen LogP contribution >= 0.6 is 15.9 Å². The summed E-state index contributed by atoms with van der Waals surface area (Å²) < 4.78 is 2.24. The van der Waals surface area contributed by atoms with Gasteiger partial charge in [0.1, 0.15) is 10.3 Å². The van der Waals surface area contributed by atoms with Crippen LogP contribution in [0.3, 0.4) is 0 Å². The maximum absolute atomic E-state index is 12.4. The van der Waals surface area contributed by atoms with Crippen LogP contribution in [0.25, 0.3) is 5.69 Å². The van der Waals surface area contributed by atoms with Gasteiger partial charge in [-0.05, 0) is 35.0 Å². The molecule has 1 N–H and O–H groups in total. The van der Waals surface area contributed by atoms with Crippen LogP contribution in [0.4, 0.5) is 0 Å². The second-order valence-corrected chi connectivity index (χ2v) is 5.78. The van der Waals surface area contributed by atoms with Crippen LogP contribution in [0.2, 0.25) is 0 Å². The number of amides is 1. The van der Waals surface area contributed by atoms with Gasteiger partial charge < -0.3 is 10.0 Å². The molecule has 1 saturated heterocycles. The van der Waals surface area contributed by atoms with E-state index < -0.39 is 6.10 Å². The molecular formula is C14H14BrN3O2. The molecule has 6 heteroatoms. The van der Waals surface area contributed by atoms with Gasteiger partial charge in [0.05, 0.1) is 11.8 Å². The largest absolute Gasteiger partial charge is 0.389 e. The van der Waals surface area contributed by atoms with Crippen molar-refractivity contribution in [2.75, 3.05) is 13.1 Å².